The van der Waals surface area contributed by atoms with E-state index in [1.807, 2.05) is 42.7 Å². The van der Waals surface area contributed by atoms with Gasteiger partial charge in [-0.1, -0.05) is 36.4 Å². The summed E-state index contributed by atoms with van der Waals surface area (Å²) >= 11 is 1.20. The lowest BCUT2D eigenvalue weighted by atomic mass is 9.77. The third kappa shape index (κ3) is 4.16. The molecule has 0 unspecified atom stereocenters. The number of aromatic nitrogens is 3. The average Bonchev–Trinajstić information content (AvgIpc) is 3.22. The average molecular weight is 443 g/mol. The summed E-state index contributed by atoms with van der Waals surface area (Å²) in [5, 5.41) is 12.5. The van der Waals surface area contributed by atoms with Crippen LogP contribution in [0.25, 0.3) is 5.69 Å². The van der Waals surface area contributed by atoms with E-state index in [0.717, 1.165) is 29.1 Å². The highest BCUT2D eigenvalue weighted by Crippen LogP contribution is 2.35. The Morgan fingerprint density at radius 2 is 1.87 bits per heavy atom. The van der Waals surface area contributed by atoms with Gasteiger partial charge in [-0.3, -0.25) is 19.6 Å². The van der Waals surface area contributed by atoms with Gasteiger partial charge in [0.15, 0.2) is 5.16 Å². The molecule has 0 atom stereocenters. The second kappa shape index (κ2) is 8.33. The fraction of sp³-hybridized carbons (Fsp3) is 0.476. The Balaban J connectivity index is 1.40. The van der Waals surface area contributed by atoms with Crippen LogP contribution in [-0.4, -0.2) is 48.9 Å². The van der Waals surface area contributed by atoms with E-state index in [-0.39, 0.29) is 11.7 Å². The van der Waals surface area contributed by atoms with Crippen molar-refractivity contribution < 1.29 is 14.4 Å². The zero-order chi connectivity index (χ0) is 22.2. The van der Waals surface area contributed by atoms with Crippen molar-refractivity contribution in [1.82, 2.24) is 30.5 Å². The number of aryl methyl sites for hydroxylation is 2. The number of imide groups is 1. The first-order chi connectivity index (χ1) is 14.8. The van der Waals surface area contributed by atoms with Crippen molar-refractivity contribution >= 4 is 29.6 Å². The minimum atomic E-state index is -0.882. The maximum absolute atomic E-state index is 12.9. The molecule has 1 aliphatic carbocycles. The van der Waals surface area contributed by atoms with E-state index in [1.165, 1.54) is 11.8 Å². The van der Waals surface area contributed by atoms with Gasteiger partial charge in [-0.25, -0.2) is 4.79 Å². The van der Waals surface area contributed by atoms with Crippen molar-refractivity contribution in [2.45, 2.75) is 57.1 Å². The summed E-state index contributed by atoms with van der Waals surface area (Å²) < 4.78 is 1.86. The molecule has 2 aromatic rings. The third-order valence-corrected chi connectivity index (χ3v) is 6.87. The first kappa shape index (κ1) is 21.4. The fourth-order valence-corrected chi connectivity index (χ4v) is 4.82. The molecule has 1 saturated carbocycles. The molecular formula is C21H26N6O3S. The van der Waals surface area contributed by atoms with Crippen LogP contribution in [0.15, 0.2) is 29.4 Å². The summed E-state index contributed by atoms with van der Waals surface area (Å²) in [5.74, 6) is 0.400. The van der Waals surface area contributed by atoms with Crippen LogP contribution in [0.3, 0.4) is 0 Å². The van der Waals surface area contributed by atoms with E-state index in [2.05, 4.69) is 27.9 Å². The standard InChI is InChI=1S/C21H26N6O3S/c1-13-4-6-16(7-5-13)26-15(3)23-24-20(26)31-12-17(28)25-27-18(29)21(22-19(27)30)10-8-14(2)9-11-21/h4-7,14H,8-12H2,1-3H3,(H,22,30)(H,25,28). The molecule has 31 heavy (non-hydrogen) atoms. The van der Waals surface area contributed by atoms with E-state index in [9.17, 15) is 14.4 Å². The normalized spacial score (nSPS) is 23.3. The van der Waals surface area contributed by atoms with Crippen molar-refractivity contribution in [2.24, 2.45) is 5.92 Å². The number of hydrogen-bond donors (Lipinski definition) is 2. The quantitative estimate of drug-likeness (QED) is 0.544. The molecular weight excluding hydrogens is 416 g/mol. The van der Waals surface area contributed by atoms with Gasteiger partial charge in [-0.05, 0) is 57.6 Å². The molecule has 1 saturated heterocycles. The molecule has 1 spiro atoms. The molecule has 9 nitrogen and oxygen atoms in total. The van der Waals surface area contributed by atoms with Crippen LogP contribution in [-0.2, 0) is 9.59 Å². The molecule has 1 aliphatic heterocycles. The van der Waals surface area contributed by atoms with Gasteiger partial charge in [0.25, 0.3) is 5.91 Å². The van der Waals surface area contributed by atoms with Crippen LogP contribution < -0.4 is 10.7 Å². The third-order valence-electron chi connectivity index (χ3n) is 5.95. The van der Waals surface area contributed by atoms with E-state index in [1.54, 1.807) is 0 Å². The number of nitrogens with zero attached hydrogens (tertiary/aromatic N) is 4. The molecule has 10 heteroatoms. The first-order valence-electron chi connectivity index (χ1n) is 10.4. The number of amides is 4. The van der Waals surface area contributed by atoms with Crippen LogP contribution in [0.2, 0.25) is 0 Å². The summed E-state index contributed by atoms with van der Waals surface area (Å²) in [6.07, 6.45) is 2.94. The van der Waals surface area contributed by atoms with E-state index in [4.69, 9.17) is 0 Å². The Labute approximate surface area is 184 Å². The highest BCUT2D eigenvalue weighted by molar-refractivity contribution is 7.99. The van der Waals surface area contributed by atoms with Crippen molar-refractivity contribution in [3.63, 3.8) is 0 Å². The number of nitrogens with one attached hydrogen (secondary N) is 2. The van der Waals surface area contributed by atoms with Crippen LogP contribution in [0.1, 0.15) is 44.0 Å². The number of hydrogen-bond acceptors (Lipinski definition) is 6. The number of rotatable bonds is 5. The fourth-order valence-electron chi connectivity index (χ4n) is 4.03. The smallest absolute Gasteiger partial charge is 0.322 e. The minimum absolute atomic E-state index is 0.00884. The Hall–Kier alpha value is -2.88. The summed E-state index contributed by atoms with van der Waals surface area (Å²) in [4.78, 5) is 37.8. The predicted molar refractivity (Wildman–Crippen MR) is 115 cm³/mol. The number of hydrazine groups is 1. The summed E-state index contributed by atoms with van der Waals surface area (Å²) in [5.41, 5.74) is 3.62. The molecule has 2 heterocycles. The first-order valence-corrected chi connectivity index (χ1v) is 11.4. The van der Waals surface area contributed by atoms with E-state index >= 15 is 0 Å². The second-order valence-electron chi connectivity index (χ2n) is 8.36. The number of benzene rings is 1. The minimum Gasteiger partial charge on any atom is -0.322 e. The number of thioether (sulfide) groups is 1. The number of carbonyl (C=O) groups excluding carboxylic acids is 3. The Bertz CT molecular complexity index is 1010. The van der Waals surface area contributed by atoms with Crippen molar-refractivity contribution in [3.8, 4) is 5.69 Å². The second-order valence-corrected chi connectivity index (χ2v) is 9.30. The SMILES string of the molecule is Cc1ccc(-n2c(C)nnc2SCC(=O)NN2C(=O)NC3(CCC(C)CC3)C2=O)cc1. The van der Waals surface area contributed by atoms with Crippen LogP contribution >= 0.6 is 11.8 Å². The van der Waals surface area contributed by atoms with Gasteiger partial charge < -0.3 is 5.32 Å². The maximum Gasteiger partial charge on any atom is 0.344 e. The zero-order valence-corrected chi connectivity index (χ0v) is 18.7. The Morgan fingerprint density at radius 1 is 1.19 bits per heavy atom. The van der Waals surface area contributed by atoms with Gasteiger partial charge in [-0.15, -0.1) is 10.2 Å². The van der Waals surface area contributed by atoms with Crippen LogP contribution in [0.4, 0.5) is 4.79 Å². The summed E-state index contributed by atoms with van der Waals surface area (Å²) in [6.45, 7) is 5.99. The Morgan fingerprint density at radius 3 is 2.55 bits per heavy atom. The monoisotopic (exact) mass is 442 g/mol. The number of urea groups is 1. The lowest BCUT2D eigenvalue weighted by molar-refractivity contribution is -0.139. The topological polar surface area (TPSA) is 109 Å². The van der Waals surface area contributed by atoms with Crippen molar-refractivity contribution in [2.75, 3.05) is 5.75 Å². The maximum atomic E-state index is 12.9. The molecule has 4 rings (SSSR count). The Kier molecular flexibility index (Phi) is 5.74. The van der Waals surface area contributed by atoms with Gasteiger partial charge in [0.2, 0.25) is 5.91 Å². The van der Waals surface area contributed by atoms with Gasteiger partial charge in [0.05, 0.1) is 5.75 Å². The lowest BCUT2D eigenvalue weighted by Gasteiger charge is -2.33. The van der Waals surface area contributed by atoms with Gasteiger partial charge in [0.1, 0.15) is 11.4 Å². The molecule has 4 amide bonds. The molecule has 1 aromatic carbocycles. The van der Waals surface area contributed by atoms with Crippen molar-refractivity contribution in [1.29, 1.82) is 0 Å². The predicted octanol–water partition coefficient (Wildman–Crippen LogP) is 2.51. The lowest BCUT2D eigenvalue weighted by Crippen LogP contribution is -2.51. The largest absolute Gasteiger partial charge is 0.344 e. The molecule has 2 aliphatic rings. The van der Waals surface area contributed by atoms with Gasteiger partial charge >= 0.3 is 6.03 Å². The van der Waals surface area contributed by atoms with Crippen molar-refractivity contribution in [3.05, 3.63) is 35.7 Å². The van der Waals surface area contributed by atoms with Gasteiger partial charge in [0, 0.05) is 5.69 Å². The molecule has 1 aromatic heterocycles. The summed E-state index contributed by atoms with van der Waals surface area (Å²) in [6, 6.07) is 7.35. The molecule has 0 bridgehead atoms. The number of carbonyl (C=O) groups is 3. The van der Waals surface area contributed by atoms with Gasteiger partial charge in [-0.2, -0.15) is 5.01 Å². The van der Waals surface area contributed by atoms with E-state index in [0.29, 0.717) is 29.7 Å². The summed E-state index contributed by atoms with van der Waals surface area (Å²) in [7, 11) is 0. The molecule has 2 fully saturated rings. The highest BCUT2D eigenvalue weighted by Gasteiger charge is 2.52. The van der Waals surface area contributed by atoms with Crippen LogP contribution in [0, 0.1) is 19.8 Å². The van der Waals surface area contributed by atoms with E-state index < -0.39 is 17.5 Å². The van der Waals surface area contributed by atoms with Crippen LogP contribution in [0.5, 0.6) is 0 Å². The molecule has 2 N–H and O–H groups in total. The zero-order valence-electron chi connectivity index (χ0n) is 17.8. The molecule has 0 radical (unpaired) electrons. The molecule has 164 valence electrons. The highest BCUT2D eigenvalue weighted by atomic mass is 32.2.